The molecule has 6 nitrogen and oxygen atoms in total. The van der Waals surface area contributed by atoms with Crippen molar-refractivity contribution in [2.45, 2.75) is 6.92 Å². The van der Waals surface area contributed by atoms with Gasteiger partial charge in [0.15, 0.2) is 0 Å². The van der Waals surface area contributed by atoms with E-state index in [9.17, 15) is 14.4 Å². The number of benzene rings is 2. The minimum Gasteiger partial charge on any atom is -0.465 e. The number of thiophene rings is 1. The molecule has 0 saturated heterocycles. The number of anilines is 1. The molecule has 1 heterocycles. The number of ether oxygens (including phenoxy) is 1. The van der Waals surface area contributed by atoms with Gasteiger partial charge in [-0.05, 0) is 29.3 Å². The fraction of sp³-hybridized carbons (Fsp3) is 0.190. The minimum absolute atomic E-state index is 0.200. The zero-order valence-electron chi connectivity index (χ0n) is 16.0. The lowest BCUT2D eigenvalue weighted by Gasteiger charge is -2.08. The molecule has 0 aliphatic heterocycles. The van der Waals surface area contributed by atoms with Gasteiger partial charge in [-0.3, -0.25) is 9.59 Å². The van der Waals surface area contributed by atoms with Gasteiger partial charge >= 0.3 is 5.97 Å². The van der Waals surface area contributed by atoms with Crippen LogP contribution in [-0.2, 0) is 4.74 Å². The third-order valence-corrected chi connectivity index (χ3v) is 5.59. The van der Waals surface area contributed by atoms with Crippen molar-refractivity contribution < 1.29 is 19.1 Å². The summed E-state index contributed by atoms with van der Waals surface area (Å²) in [5, 5.41) is 4.84. The second kappa shape index (κ2) is 7.82. The van der Waals surface area contributed by atoms with Crippen molar-refractivity contribution in [1.82, 2.24) is 4.90 Å². The van der Waals surface area contributed by atoms with Crippen molar-refractivity contribution in [2.24, 2.45) is 0 Å². The first-order valence-corrected chi connectivity index (χ1v) is 9.39. The fourth-order valence-corrected chi connectivity index (χ4v) is 4.16. The van der Waals surface area contributed by atoms with Crippen molar-refractivity contribution >= 4 is 44.9 Å². The second-order valence-corrected chi connectivity index (χ2v) is 7.45. The van der Waals surface area contributed by atoms with Crippen LogP contribution >= 0.6 is 11.3 Å². The Hall–Kier alpha value is -3.19. The maximum atomic E-state index is 13.0. The first-order chi connectivity index (χ1) is 13.3. The summed E-state index contributed by atoms with van der Waals surface area (Å²) in [4.78, 5) is 39.5. The Balaban J connectivity index is 2.05. The highest BCUT2D eigenvalue weighted by Crippen LogP contribution is 2.35. The van der Waals surface area contributed by atoms with Crippen LogP contribution in [0.5, 0.6) is 0 Å². The summed E-state index contributed by atoms with van der Waals surface area (Å²) in [7, 11) is 4.53. The molecule has 144 valence electrons. The van der Waals surface area contributed by atoms with Crippen molar-refractivity contribution in [3.05, 3.63) is 64.0 Å². The van der Waals surface area contributed by atoms with Gasteiger partial charge in [0.1, 0.15) is 5.00 Å². The Labute approximate surface area is 166 Å². The molecule has 2 amide bonds. The molecule has 1 aromatic heterocycles. The predicted octanol–water partition coefficient (Wildman–Crippen LogP) is 3.95. The Morgan fingerprint density at radius 1 is 1.04 bits per heavy atom. The largest absolute Gasteiger partial charge is 0.465 e. The molecular formula is C21H20N2O4S. The molecule has 0 aliphatic rings. The maximum absolute atomic E-state index is 13.0. The van der Waals surface area contributed by atoms with Crippen molar-refractivity contribution in [3.63, 3.8) is 0 Å². The van der Waals surface area contributed by atoms with E-state index in [1.54, 1.807) is 33.2 Å². The summed E-state index contributed by atoms with van der Waals surface area (Å²) in [5.74, 6) is -1.19. The van der Waals surface area contributed by atoms with Gasteiger partial charge in [-0.15, -0.1) is 11.3 Å². The number of hydrogen-bond acceptors (Lipinski definition) is 5. The summed E-state index contributed by atoms with van der Waals surface area (Å²) in [5.41, 5.74) is 1.18. The van der Waals surface area contributed by atoms with Crippen LogP contribution in [-0.4, -0.2) is 43.9 Å². The normalized spacial score (nSPS) is 10.6. The van der Waals surface area contributed by atoms with Crippen LogP contribution < -0.4 is 5.32 Å². The summed E-state index contributed by atoms with van der Waals surface area (Å²) in [6, 6.07) is 13.0. The van der Waals surface area contributed by atoms with Gasteiger partial charge in [0.05, 0.1) is 17.6 Å². The van der Waals surface area contributed by atoms with Crippen molar-refractivity contribution in [2.75, 3.05) is 26.5 Å². The molecule has 0 spiro atoms. The Morgan fingerprint density at radius 3 is 2.39 bits per heavy atom. The van der Waals surface area contributed by atoms with Crippen molar-refractivity contribution in [3.8, 4) is 0 Å². The van der Waals surface area contributed by atoms with Crippen LogP contribution in [0.2, 0.25) is 0 Å². The van der Waals surface area contributed by atoms with E-state index in [1.165, 1.54) is 12.0 Å². The van der Waals surface area contributed by atoms with Crippen LogP contribution in [0.25, 0.3) is 10.8 Å². The molecule has 3 aromatic rings. The monoisotopic (exact) mass is 396 g/mol. The molecule has 0 unspecified atom stereocenters. The number of hydrogen-bond donors (Lipinski definition) is 1. The lowest BCUT2D eigenvalue weighted by molar-refractivity contribution is 0.0601. The Bertz CT molecular complexity index is 1080. The molecule has 0 aliphatic carbocycles. The smallest absolute Gasteiger partial charge is 0.341 e. The third-order valence-electron chi connectivity index (χ3n) is 4.40. The molecule has 0 atom stereocenters. The van der Waals surface area contributed by atoms with Crippen LogP contribution in [0.4, 0.5) is 5.00 Å². The summed E-state index contributed by atoms with van der Waals surface area (Å²) in [6.07, 6.45) is 0. The number of nitrogens with one attached hydrogen (secondary N) is 1. The van der Waals surface area contributed by atoms with Gasteiger partial charge < -0.3 is 15.0 Å². The highest BCUT2D eigenvalue weighted by molar-refractivity contribution is 7.18. The maximum Gasteiger partial charge on any atom is 0.341 e. The number of esters is 1. The van der Waals surface area contributed by atoms with Gasteiger partial charge in [-0.1, -0.05) is 36.4 Å². The lowest BCUT2D eigenvalue weighted by Crippen LogP contribution is -2.21. The van der Waals surface area contributed by atoms with Crippen LogP contribution in [0.1, 0.15) is 36.0 Å². The Morgan fingerprint density at radius 2 is 1.71 bits per heavy atom. The van der Waals surface area contributed by atoms with Gasteiger partial charge in [-0.2, -0.15) is 0 Å². The average molecular weight is 396 g/mol. The van der Waals surface area contributed by atoms with E-state index in [0.717, 1.165) is 22.1 Å². The van der Waals surface area contributed by atoms with Gasteiger partial charge in [0.2, 0.25) is 0 Å². The highest BCUT2D eigenvalue weighted by atomic mass is 32.1. The van der Waals surface area contributed by atoms with Gasteiger partial charge in [-0.25, -0.2) is 4.79 Å². The predicted molar refractivity (Wildman–Crippen MR) is 110 cm³/mol. The number of carbonyl (C=O) groups excluding carboxylic acids is 3. The summed E-state index contributed by atoms with van der Waals surface area (Å²) >= 11 is 1.07. The van der Waals surface area contributed by atoms with E-state index in [2.05, 4.69) is 5.32 Å². The van der Waals surface area contributed by atoms with E-state index >= 15 is 0 Å². The SMILES string of the molecule is COC(=O)c1c(NC(=O)c2cccc3ccccc23)sc(C(=O)N(C)C)c1C. The van der Waals surface area contributed by atoms with E-state index in [0.29, 0.717) is 21.0 Å². The number of amides is 2. The number of nitrogens with zero attached hydrogens (tertiary/aromatic N) is 1. The molecular weight excluding hydrogens is 376 g/mol. The van der Waals surface area contributed by atoms with E-state index < -0.39 is 5.97 Å². The third kappa shape index (κ3) is 3.48. The van der Waals surface area contributed by atoms with Crippen LogP contribution in [0.3, 0.4) is 0 Å². The average Bonchev–Trinajstić information content (AvgIpc) is 3.01. The summed E-state index contributed by atoms with van der Waals surface area (Å²) in [6.45, 7) is 1.67. The Kier molecular flexibility index (Phi) is 5.46. The highest BCUT2D eigenvalue weighted by Gasteiger charge is 2.27. The molecule has 28 heavy (non-hydrogen) atoms. The number of carbonyl (C=O) groups is 3. The van der Waals surface area contributed by atoms with Gasteiger partial charge in [0, 0.05) is 19.7 Å². The van der Waals surface area contributed by atoms with Gasteiger partial charge in [0.25, 0.3) is 11.8 Å². The lowest BCUT2D eigenvalue weighted by atomic mass is 10.0. The molecule has 0 saturated carbocycles. The standard InChI is InChI=1S/C21H20N2O4S/c1-12-16(21(26)27-4)19(28-17(12)20(25)23(2)3)22-18(24)15-11-7-9-13-8-5-6-10-14(13)15/h5-11H,1-4H3,(H,22,24). The molecule has 0 radical (unpaired) electrons. The fourth-order valence-electron chi connectivity index (χ4n) is 2.95. The number of rotatable bonds is 4. The van der Waals surface area contributed by atoms with Crippen LogP contribution in [0.15, 0.2) is 42.5 Å². The first kappa shape index (κ1) is 19.6. The molecule has 3 rings (SSSR count). The molecule has 0 bridgehead atoms. The minimum atomic E-state index is -0.597. The first-order valence-electron chi connectivity index (χ1n) is 8.57. The van der Waals surface area contributed by atoms with E-state index in [-0.39, 0.29) is 17.4 Å². The zero-order valence-corrected chi connectivity index (χ0v) is 16.8. The number of methoxy groups -OCH3 is 1. The second-order valence-electron chi connectivity index (χ2n) is 6.43. The van der Waals surface area contributed by atoms with Crippen molar-refractivity contribution in [1.29, 1.82) is 0 Å². The van der Waals surface area contributed by atoms with E-state index in [1.807, 2.05) is 30.3 Å². The molecule has 0 fully saturated rings. The topological polar surface area (TPSA) is 75.7 Å². The summed E-state index contributed by atoms with van der Waals surface area (Å²) < 4.78 is 4.86. The number of fused-ring (bicyclic) bond motifs is 1. The molecule has 1 N–H and O–H groups in total. The molecule has 7 heteroatoms. The molecule has 2 aromatic carbocycles. The quantitative estimate of drug-likeness (QED) is 0.678. The van der Waals surface area contributed by atoms with Crippen LogP contribution in [0, 0.1) is 6.92 Å². The zero-order chi connectivity index (χ0) is 20.4. The van der Waals surface area contributed by atoms with E-state index in [4.69, 9.17) is 4.74 Å².